The number of carbonyl (C=O) groups excluding carboxylic acids is 2. The molecule has 3 aliphatic heterocycles. The number of nitrogens with one attached hydrogen (secondary N) is 1. The first-order valence-corrected chi connectivity index (χ1v) is 29.1. The summed E-state index contributed by atoms with van der Waals surface area (Å²) in [6, 6.07) is 22.6. The van der Waals surface area contributed by atoms with Gasteiger partial charge in [0.05, 0.1) is 22.3 Å². The van der Waals surface area contributed by atoms with Crippen LogP contribution < -0.4 is 10.5 Å². The third-order valence-corrected chi connectivity index (χ3v) is 16.4. The summed E-state index contributed by atoms with van der Waals surface area (Å²) in [5.41, 5.74) is 17.0. The second-order valence-corrected chi connectivity index (χ2v) is 23.7. The van der Waals surface area contributed by atoms with E-state index >= 15 is 0 Å². The van der Waals surface area contributed by atoms with Crippen LogP contribution in [0.25, 0.3) is 33.3 Å². The van der Waals surface area contributed by atoms with E-state index in [1.807, 2.05) is 20.0 Å². The Morgan fingerprint density at radius 2 is 1.71 bits per heavy atom. The van der Waals surface area contributed by atoms with Crippen LogP contribution in [-0.2, 0) is 29.0 Å². The quantitative estimate of drug-likeness (QED) is 0.0436. The van der Waals surface area contributed by atoms with Crippen LogP contribution in [0.2, 0.25) is 0 Å². The summed E-state index contributed by atoms with van der Waals surface area (Å²) in [7, 11) is 8.05. The number of ketones is 1. The largest absolute Gasteiger partial charge is 0.368 e. The molecule has 414 valence electrons. The zero-order valence-electron chi connectivity index (χ0n) is 49.2. The maximum Gasteiger partial charge on any atom is 0.241 e. The van der Waals surface area contributed by atoms with Gasteiger partial charge in [-0.25, -0.2) is 0 Å². The number of amides is 1. The van der Waals surface area contributed by atoms with Gasteiger partial charge in [-0.15, -0.1) is 6.58 Å². The highest BCUT2D eigenvalue weighted by Gasteiger charge is 2.41. The van der Waals surface area contributed by atoms with E-state index in [9.17, 15) is 9.59 Å². The fourth-order valence-electron chi connectivity index (χ4n) is 10.5. The van der Waals surface area contributed by atoms with Crippen molar-refractivity contribution in [3.05, 3.63) is 103 Å². The molecule has 3 saturated heterocycles. The number of piperidine rings is 1. The number of hydrogen-bond donors (Lipinski definition) is 2. The number of aryl methyl sites for hydroxylation is 2. The van der Waals surface area contributed by atoms with E-state index in [0.29, 0.717) is 11.7 Å². The standard InChI is InChI=1S/C36H46N2.C15H25N3.C8H14N2O.C6H11NOS/c1-8-12-21-36(6,7)25-32-31-24-29(28-17-13-16-27(23-28)15-9-2)19-20-33(31)38(11-4)35(32)30-18-14-22-37-34(30)26(5)10-3;1-14(18-10-6-5-7-11-18)8-9-15(16(2)3)12-17(4)13-15;1-5-10(4)7(6(2)3)8(9)11;1-5(8)6-3-2-4-7-9-6/h8,13-14,16-20,22-24,26H,1,9-12,15,21,25H2,2-7H3;1,5-7,10-13H2,2-4H3;1,6-7H,2-4H3,(H2,9,11);6-7H,2-4H2,1H3. The van der Waals surface area contributed by atoms with E-state index in [1.165, 1.54) is 80.7 Å². The maximum atomic E-state index is 10.8. The van der Waals surface area contributed by atoms with Gasteiger partial charge >= 0.3 is 0 Å². The Morgan fingerprint density at radius 1 is 1.01 bits per heavy atom. The van der Waals surface area contributed by atoms with Crippen LogP contribution in [0.15, 0.2) is 85.7 Å². The number of benzene rings is 2. The fourth-order valence-corrected chi connectivity index (χ4v) is 11.5. The average Bonchev–Trinajstić information content (AvgIpc) is 3.70. The SMILES string of the molecule is C#CN(C)C(C(N)=O)C(C)C.C=C(C#CC1(N(C)C)CN(C)C1)N1CCCCC1.C=CCCC(C)(C)Cc1c(-c2cccnc2C(C)CC)n(CC)c2ccc(-c3cccc(CCC)c3)cc12.CC(=O)C1CCCNS1. The molecule has 10 nitrogen and oxygen atoms in total. The summed E-state index contributed by atoms with van der Waals surface area (Å²) < 4.78 is 5.65. The fraction of sp³-hybridized carbons (Fsp3) is 0.554. The topological polar surface area (TPSA) is 103 Å². The molecule has 3 aliphatic rings. The predicted molar refractivity (Wildman–Crippen MR) is 326 cm³/mol. The number of rotatable bonds is 18. The molecule has 3 unspecified atom stereocenters. The number of pyridine rings is 1. The van der Waals surface area contributed by atoms with E-state index in [-0.39, 0.29) is 34.1 Å². The summed E-state index contributed by atoms with van der Waals surface area (Å²) in [5, 5.41) is 1.60. The average molecular weight is 1050 g/mol. The summed E-state index contributed by atoms with van der Waals surface area (Å²) in [4.78, 5) is 34.9. The van der Waals surface area contributed by atoms with Crippen LogP contribution in [0.3, 0.4) is 0 Å². The first-order valence-electron chi connectivity index (χ1n) is 28.2. The van der Waals surface area contributed by atoms with E-state index in [2.05, 4.69) is 178 Å². The van der Waals surface area contributed by atoms with Crippen LogP contribution in [0.5, 0.6) is 0 Å². The number of fused-ring (bicyclic) bond motifs is 1. The molecule has 1 amide bonds. The number of likely N-dealkylation sites (tertiary alicyclic amines) is 2. The van der Waals surface area contributed by atoms with Gasteiger partial charge in [0.25, 0.3) is 0 Å². The third-order valence-electron chi connectivity index (χ3n) is 15.2. The van der Waals surface area contributed by atoms with Gasteiger partial charge in [0.1, 0.15) is 17.4 Å². The molecule has 5 heterocycles. The second-order valence-electron chi connectivity index (χ2n) is 22.6. The molecule has 0 aliphatic carbocycles. The Balaban J connectivity index is 0.000000268. The molecule has 11 heteroatoms. The molecule has 0 spiro atoms. The number of allylic oxidation sites excluding steroid dienone is 2. The molecular formula is C65H96N8O2S. The molecule has 4 aromatic rings. The first-order chi connectivity index (χ1) is 36.2. The van der Waals surface area contributed by atoms with Crippen LogP contribution in [-0.4, -0.2) is 119 Å². The Kier molecular flexibility index (Phi) is 25.5. The van der Waals surface area contributed by atoms with Gasteiger partial charge in [-0.05, 0) is 169 Å². The van der Waals surface area contributed by atoms with Gasteiger partial charge < -0.3 is 25.0 Å². The van der Waals surface area contributed by atoms with Gasteiger partial charge in [-0.1, -0.05) is 122 Å². The minimum absolute atomic E-state index is 0.0352. The monoisotopic (exact) mass is 1050 g/mol. The molecule has 0 radical (unpaired) electrons. The number of hydrogen-bond acceptors (Lipinski definition) is 9. The minimum Gasteiger partial charge on any atom is -0.368 e. The van der Waals surface area contributed by atoms with Gasteiger partial charge in [-0.2, -0.15) is 0 Å². The van der Waals surface area contributed by atoms with Crippen LogP contribution in [0, 0.1) is 35.6 Å². The Bertz CT molecular complexity index is 2610. The van der Waals surface area contributed by atoms with E-state index in [4.69, 9.17) is 17.1 Å². The number of Topliss-reactive ketones (excluding diaryl/α,β-unsaturated/α-hetero) is 1. The van der Waals surface area contributed by atoms with Crippen LogP contribution in [0.1, 0.15) is 143 Å². The van der Waals surface area contributed by atoms with Crippen molar-refractivity contribution in [2.75, 3.05) is 60.9 Å². The number of terminal acetylenes is 1. The molecule has 0 bridgehead atoms. The molecule has 3 N–H and O–H groups in total. The van der Waals surface area contributed by atoms with Gasteiger partial charge in [-0.3, -0.25) is 24.2 Å². The van der Waals surface area contributed by atoms with E-state index in [1.54, 1.807) is 25.9 Å². The molecule has 7 rings (SSSR count). The zero-order chi connectivity index (χ0) is 56.2. The number of aromatic nitrogens is 2. The molecular weight excluding hydrogens is 957 g/mol. The lowest BCUT2D eigenvalue weighted by Gasteiger charge is -2.49. The Morgan fingerprint density at radius 3 is 2.24 bits per heavy atom. The van der Waals surface area contributed by atoms with E-state index in [0.717, 1.165) is 89.9 Å². The normalized spacial score (nSPS) is 16.9. The molecule has 3 fully saturated rings. The highest BCUT2D eigenvalue weighted by atomic mass is 32.2. The highest BCUT2D eigenvalue weighted by molar-refractivity contribution is 7.98. The maximum absolute atomic E-state index is 10.8. The molecule has 3 atom stereocenters. The smallest absolute Gasteiger partial charge is 0.241 e. The Hall–Kier alpha value is -5.30. The second kappa shape index (κ2) is 30.6. The zero-order valence-corrected chi connectivity index (χ0v) is 50.0. The van der Waals surface area contributed by atoms with Crippen molar-refractivity contribution in [1.82, 2.24) is 33.9 Å². The van der Waals surface area contributed by atoms with Crippen molar-refractivity contribution in [3.8, 4) is 46.7 Å². The van der Waals surface area contributed by atoms with Crippen molar-refractivity contribution in [1.29, 1.82) is 0 Å². The van der Waals surface area contributed by atoms with Gasteiger partial charge in [0.15, 0.2) is 0 Å². The summed E-state index contributed by atoms with van der Waals surface area (Å²) in [6.07, 6.45) is 21.8. The molecule has 0 saturated carbocycles. The summed E-state index contributed by atoms with van der Waals surface area (Å²) in [5.74, 6) is 7.24. The number of likely N-dealkylation sites (N-methyl/N-ethyl adjacent to an activating group) is 3. The lowest BCUT2D eigenvalue weighted by molar-refractivity contribution is -0.123. The highest BCUT2D eigenvalue weighted by Crippen LogP contribution is 2.43. The van der Waals surface area contributed by atoms with E-state index < -0.39 is 0 Å². The third kappa shape index (κ3) is 17.6. The van der Waals surface area contributed by atoms with Crippen molar-refractivity contribution >= 4 is 34.5 Å². The lowest BCUT2D eigenvalue weighted by atomic mass is 9.80. The molecule has 2 aromatic heterocycles. The van der Waals surface area contributed by atoms with Gasteiger partial charge in [0.2, 0.25) is 5.91 Å². The minimum atomic E-state index is -0.375. The number of nitrogens with zero attached hydrogens (tertiary/aromatic N) is 6. The number of nitrogens with two attached hydrogens (primary N) is 1. The predicted octanol–water partition coefficient (Wildman–Crippen LogP) is 12.6. The summed E-state index contributed by atoms with van der Waals surface area (Å²) in [6.45, 7) is 33.8. The van der Waals surface area contributed by atoms with Crippen molar-refractivity contribution in [2.24, 2.45) is 17.1 Å². The van der Waals surface area contributed by atoms with Gasteiger partial charge in [0, 0.05) is 75.0 Å². The lowest BCUT2D eigenvalue weighted by Crippen LogP contribution is -2.66. The molecule has 2 aromatic carbocycles. The van der Waals surface area contributed by atoms with Crippen LogP contribution in [0.4, 0.5) is 0 Å². The van der Waals surface area contributed by atoms with Crippen molar-refractivity contribution in [3.63, 3.8) is 0 Å². The summed E-state index contributed by atoms with van der Waals surface area (Å²) >= 11 is 1.57. The number of carbonyl (C=O) groups is 2. The molecule has 76 heavy (non-hydrogen) atoms. The number of primary amides is 1. The van der Waals surface area contributed by atoms with Crippen molar-refractivity contribution < 1.29 is 9.59 Å². The first kappa shape index (κ1) is 63.2. The van der Waals surface area contributed by atoms with Crippen molar-refractivity contribution in [2.45, 2.75) is 162 Å². The van der Waals surface area contributed by atoms with Crippen LogP contribution >= 0.6 is 11.9 Å². The Labute approximate surface area is 465 Å².